The highest BCUT2D eigenvalue weighted by molar-refractivity contribution is 9.10. The maximum Gasteiger partial charge on any atom is 0.135 e. The van der Waals surface area contributed by atoms with Crippen LogP contribution in [-0.2, 0) is 4.74 Å². The van der Waals surface area contributed by atoms with Crippen LogP contribution < -0.4 is 5.32 Å². The summed E-state index contributed by atoms with van der Waals surface area (Å²) in [6, 6.07) is 8.16. The molecule has 0 bridgehead atoms. The first-order valence-electron chi connectivity index (χ1n) is 7.23. The Hall–Kier alpha value is -0.840. The monoisotopic (exact) mass is 337 g/mol. The van der Waals surface area contributed by atoms with Crippen LogP contribution >= 0.6 is 15.9 Å². The standard InChI is InChI=1S/C16H20BrNO2/c1-3-16(4-2)10-18-9-15(20-16)14-8-11-7-12(17)5-6-13(11)19-14/h5-8,15,18H,3-4,9-10H2,1-2H3. The van der Waals surface area contributed by atoms with Crippen molar-refractivity contribution in [2.75, 3.05) is 13.1 Å². The number of furan rings is 1. The zero-order chi connectivity index (χ0) is 14.2. The number of morpholine rings is 1. The van der Waals surface area contributed by atoms with Crippen molar-refractivity contribution < 1.29 is 9.15 Å². The highest BCUT2D eigenvalue weighted by Gasteiger charge is 2.36. The minimum Gasteiger partial charge on any atom is -0.458 e. The molecule has 3 rings (SSSR count). The second-order valence-corrected chi connectivity index (χ2v) is 6.37. The van der Waals surface area contributed by atoms with Crippen molar-refractivity contribution in [3.05, 3.63) is 34.5 Å². The molecular weight excluding hydrogens is 318 g/mol. The number of halogens is 1. The molecule has 3 nitrogen and oxygen atoms in total. The molecule has 20 heavy (non-hydrogen) atoms. The number of nitrogens with one attached hydrogen (secondary N) is 1. The summed E-state index contributed by atoms with van der Waals surface area (Å²) in [5.41, 5.74) is 0.846. The van der Waals surface area contributed by atoms with E-state index >= 15 is 0 Å². The molecule has 0 spiro atoms. The largest absolute Gasteiger partial charge is 0.458 e. The lowest BCUT2D eigenvalue weighted by Gasteiger charge is -2.40. The summed E-state index contributed by atoms with van der Waals surface area (Å²) in [5, 5.41) is 4.60. The Labute approximate surface area is 127 Å². The summed E-state index contributed by atoms with van der Waals surface area (Å²) in [4.78, 5) is 0. The van der Waals surface area contributed by atoms with E-state index in [-0.39, 0.29) is 11.7 Å². The Bertz CT molecular complexity index is 604. The van der Waals surface area contributed by atoms with E-state index in [2.05, 4.69) is 47.2 Å². The van der Waals surface area contributed by atoms with Crippen LogP contribution in [0.2, 0.25) is 0 Å². The fourth-order valence-corrected chi connectivity index (χ4v) is 3.21. The molecule has 1 aromatic heterocycles. The van der Waals surface area contributed by atoms with Gasteiger partial charge in [0.15, 0.2) is 0 Å². The summed E-state index contributed by atoms with van der Waals surface area (Å²) in [6.07, 6.45) is 2.02. The predicted molar refractivity (Wildman–Crippen MR) is 83.9 cm³/mol. The Morgan fingerprint density at radius 2 is 2.10 bits per heavy atom. The molecule has 1 aromatic carbocycles. The molecule has 0 aliphatic carbocycles. The van der Waals surface area contributed by atoms with Crippen LogP contribution in [-0.4, -0.2) is 18.7 Å². The summed E-state index contributed by atoms with van der Waals surface area (Å²) in [6.45, 7) is 6.09. The fourth-order valence-electron chi connectivity index (χ4n) is 2.83. The number of hydrogen-bond donors (Lipinski definition) is 1. The third kappa shape index (κ3) is 2.52. The quantitative estimate of drug-likeness (QED) is 0.900. The lowest BCUT2D eigenvalue weighted by Crippen LogP contribution is -2.50. The Kier molecular flexibility index (Phi) is 3.89. The van der Waals surface area contributed by atoms with Gasteiger partial charge < -0.3 is 14.5 Å². The van der Waals surface area contributed by atoms with E-state index in [1.54, 1.807) is 0 Å². The molecule has 1 N–H and O–H groups in total. The van der Waals surface area contributed by atoms with Gasteiger partial charge in [-0.3, -0.25) is 0 Å². The van der Waals surface area contributed by atoms with Gasteiger partial charge in [-0.1, -0.05) is 29.8 Å². The SMILES string of the molecule is CCC1(CC)CNCC(c2cc3cc(Br)ccc3o2)O1. The molecular formula is C16H20BrNO2. The van der Waals surface area contributed by atoms with Crippen LogP contribution in [0.1, 0.15) is 38.6 Å². The van der Waals surface area contributed by atoms with E-state index in [1.807, 2.05) is 12.1 Å². The molecule has 0 radical (unpaired) electrons. The van der Waals surface area contributed by atoms with Crippen LogP contribution in [0.25, 0.3) is 11.0 Å². The topological polar surface area (TPSA) is 34.4 Å². The van der Waals surface area contributed by atoms with Crippen molar-refractivity contribution in [2.45, 2.75) is 38.4 Å². The maximum absolute atomic E-state index is 6.35. The molecule has 1 atom stereocenters. The summed E-state index contributed by atoms with van der Waals surface area (Å²) >= 11 is 3.49. The molecule has 1 aliphatic rings. The van der Waals surface area contributed by atoms with Gasteiger partial charge in [0, 0.05) is 22.9 Å². The molecule has 1 saturated heterocycles. The normalized spacial score (nSPS) is 22.2. The molecule has 4 heteroatoms. The smallest absolute Gasteiger partial charge is 0.135 e. The number of rotatable bonds is 3. The molecule has 1 unspecified atom stereocenters. The third-order valence-corrected chi connectivity index (χ3v) is 4.77. The molecule has 2 heterocycles. The van der Waals surface area contributed by atoms with Crippen LogP contribution in [0.4, 0.5) is 0 Å². The molecule has 0 saturated carbocycles. The van der Waals surface area contributed by atoms with Gasteiger partial charge in [0.05, 0.1) is 5.60 Å². The van der Waals surface area contributed by atoms with Crippen LogP contribution in [0.15, 0.2) is 33.2 Å². The first-order chi connectivity index (χ1) is 9.65. The minimum atomic E-state index is -0.0670. The van der Waals surface area contributed by atoms with E-state index in [0.29, 0.717) is 0 Å². The van der Waals surface area contributed by atoms with E-state index in [4.69, 9.17) is 9.15 Å². The van der Waals surface area contributed by atoms with Crippen molar-refractivity contribution in [1.82, 2.24) is 5.32 Å². The van der Waals surface area contributed by atoms with Gasteiger partial charge >= 0.3 is 0 Å². The number of benzene rings is 1. The minimum absolute atomic E-state index is 0.00479. The number of fused-ring (bicyclic) bond motifs is 1. The van der Waals surface area contributed by atoms with E-state index in [9.17, 15) is 0 Å². The van der Waals surface area contributed by atoms with Crippen molar-refractivity contribution >= 4 is 26.9 Å². The van der Waals surface area contributed by atoms with Crippen molar-refractivity contribution in [1.29, 1.82) is 0 Å². The number of hydrogen-bond acceptors (Lipinski definition) is 3. The zero-order valence-electron chi connectivity index (χ0n) is 11.9. The van der Waals surface area contributed by atoms with Crippen LogP contribution in [0.5, 0.6) is 0 Å². The Morgan fingerprint density at radius 1 is 1.30 bits per heavy atom. The van der Waals surface area contributed by atoms with Gasteiger partial charge in [-0.05, 0) is 37.1 Å². The van der Waals surface area contributed by atoms with Crippen molar-refractivity contribution in [3.63, 3.8) is 0 Å². The van der Waals surface area contributed by atoms with Gasteiger partial charge in [0.2, 0.25) is 0 Å². The zero-order valence-corrected chi connectivity index (χ0v) is 13.5. The third-order valence-electron chi connectivity index (χ3n) is 4.27. The summed E-state index contributed by atoms with van der Waals surface area (Å²) in [5.74, 6) is 0.913. The lowest BCUT2D eigenvalue weighted by molar-refractivity contribution is -0.128. The Morgan fingerprint density at radius 3 is 2.85 bits per heavy atom. The summed E-state index contributed by atoms with van der Waals surface area (Å²) in [7, 11) is 0. The van der Waals surface area contributed by atoms with Gasteiger partial charge in [0.25, 0.3) is 0 Å². The number of ether oxygens (including phenoxy) is 1. The van der Waals surface area contributed by atoms with Crippen molar-refractivity contribution in [3.8, 4) is 0 Å². The Balaban J connectivity index is 1.90. The van der Waals surface area contributed by atoms with Gasteiger partial charge in [-0.25, -0.2) is 0 Å². The van der Waals surface area contributed by atoms with Crippen molar-refractivity contribution in [2.24, 2.45) is 0 Å². The molecule has 108 valence electrons. The van der Waals surface area contributed by atoms with Gasteiger partial charge in [-0.2, -0.15) is 0 Å². The molecule has 2 aromatic rings. The second-order valence-electron chi connectivity index (χ2n) is 5.46. The predicted octanol–water partition coefficient (Wildman–Crippen LogP) is 4.42. The molecule has 1 fully saturated rings. The van der Waals surface area contributed by atoms with E-state index < -0.39 is 0 Å². The molecule has 0 amide bonds. The highest BCUT2D eigenvalue weighted by Crippen LogP contribution is 2.34. The average molecular weight is 338 g/mol. The fraction of sp³-hybridized carbons (Fsp3) is 0.500. The summed E-state index contributed by atoms with van der Waals surface area (Å²) < 4.78 is 13.4. The van der Waals surface area contributed by atoms with Gasteiger partial charge in [-0.15, -0.1) is 0 Å². The van der Waals surface area contributed by atoms with E-state index in [1.165, 1.54) is 0 Å². The highest BCUT2D eigenvalue weighted by atomic mass is 79.9. The maximum atomic E-state index is 6.35. The molecule has 1 aliphatic heterocycles. The first kappa shape index (κ1) is 14.1. The average Bonchev–Trinajstić information content (AvgIpc) is 2.90. The second kappa shape index (κ2) is 5.51. The van der Waals surface area contributed by atoms with Gasteiger partial charge in [0.1, 0.15) is 17.4 Å². The van der Waals surface area contributed by atoms with E-state index in [0.717, 1.165) is 47.1 Å². The lowest BCUT2D eigenvalue weighted by atomic mass is 9.94. The first-order valence-corrected chi connectivity index (χ1v) is 8.02. The van der Waals surface area contributed by atoms with Crippen LogP contribution in [0.3, 0.4) is 0 Å². The van der Waals surface area contributed by atoms with Crippen LogP contribution in [0, 0.1) is 0 Å².